The third-order valence-corrected chi connectivity index (χ3v) is 5.44. The van der Waals surface area contributed by atoms with E-state index in [2.05, 4.69) is 31.9 Å². The lowest BCUT2D eigenvalue weighted by atomic mass is 10.1. The average molecular weight is 423 g/mol. The number of thioether (sulfide) groups is 1. The van der Waals surface area contributed by atoms with E-state index in [0.717, 1.165) is 15.4 Å². The van der Waals surface area contributed by atoms with Crippen LogP contribution in [-0.4, -0.2) is 39.1 Å². The molecule has 4 nitrogen and oxygen atoms in total. The van der Waals surface area contributed by atoms with Crippen molar-refractivity contribution in [3.8, 4) is 0 Å². The Morgan fingerprint density at radius 3 is 2.45 bits per heavy atom. The summed E-state index contributed by atoms with van der Waals surface area (Å²) in [6.07, 6.45) is 0.732. The molecule has 2 unspecified atom stereocenters. The molecule has 0 spiro atoms. The van der Waals surface area contributed by atoms with Crippen molar-refractivity contribution in [3.05, 3.63) is 32.7 Å². The lowest BCUT2D eigenvalue weighted by Crippen LogP contribution is -2.45. The van der Waals surface area contributed by atoms with Crippen LogP contribution in [0.2, 0.25) is 0 Å². The minimum absolute atomic E-state index is 0.0821. The summed E-state index contributed by atoms with van der Waals surface area (Å²) >= 11 is 8.21. The van der Waals surface area contributed by atoms with Crippen LogP contribution in [0.15, 0.2) is 27.1 Å². The number of carboxylic acids is 1. The van der Waals surface area contributed by atoms with Gasteiger partial charge in [0.1, 0.15) is 6.04 Å². The number of hydrogen-bond acceptors (Lipinski definition) is 3. The first kappa shape index (κ1) is 15.9. The van der Waals surface area contributed by atoms with E-state index in [0.29, 0.717) is 11.3 Å². The highest BCUT2D eigenvalue weighted by Crippen LogP contribution is 2.33. The third kappa shape index (κ3) is 3.20. The first-order chi connectivity index (χ1) is 9.43. The molecule has 1 fully saturated rings. The van der Waals surface area contributed by atoms with Crippen LogP contribution in [0.1, 0.15) is 23.7 Å². The van der Waals surface area contributed by atoms with Gasteiger partial charge in [0.2, 0.25) is 0 Å². The van der Waals surface area contributed by atoms with Gasteiger partial charge in [0, 0.05) is 20.3 Å². The summed E-state index contributed by atoms with van der Waals surface area (Å²) in [5.41, 5.74) is 0.485. The van der Waals surface area contributed by atoms with Gasteiger partial charge in [-0.3, -0.25) is 4.79 Å². The van der Waals surface area contributed by atoms with E-state index in [1.165, 1.54) is 16.7 Å². The molecule has 1 heterocycles. The monoisotopic (exact) mass is 421 g/mol. The quantitative estimate of drug-likeness (QED) is 0.808. The van der Waals surface area contributed by atoms with Crippen LogP contribution < -0.4 is 0 Å². The van der Waals surface area contributed by atoms with Gasteiger partial charge >= 0.3 is 5.97 Å². The van der Waals surface area contributed by atoms with E-state index in [1.807, 2.05) is 13.0 Å². The number of amides is 1. The zero-order chi connectivity index (χ0) is 14.9. The number of hydrogen-bond donors (Lipinski definition) is 1. The number of halogens is 2. The first-order valence-corrected chi connectivity index (χ1v) is 8.70. The van der Waals surface area contributed by atoms with Crippen molar-refractivity contribution in [2.24, 2.45) is 0 Å². The molecule has 1 aromatic carbocycles. The van der Waals surface area contributed by atoms with Crippen LogP contribution in [0.3, 0.4) is 0 Å². The van der Waals surface area contributed by atoms with Crippen LogP contribution in [0.25, 0.3) is 0 Å². The second kappa shape index (κ2) is 6.49. The lowest BCUT2D eigenvalue weighted by molar-refractivity contribution is -0.141. The molecule has 1 aromatic rings. The zero-order valence-corrected chi connectivity index (χ0v) is 14.7. The topological polar surface area (TPSA) is 57.6 Å². The van der Waals surface area contributed by atoms with E-state index in [4.69, 9.17) is 0 Å². The molecule has 1 saturated heterocycles. The molecule has 0 bridgehead atoms. The lowest BCUT2D eigenvalue weighted by Gasteiger charge is -2.26. The molecule has 20 heavy (non-hydrogen) atoms. The smallest absolute Gasteiger partial charge is 0.327 e. The molecule has 7 heteroatoms. The number of nitrogens with zero attached hydrogens (tertiary/aromatic N) is 1. The number of aliphatic carboxylic acids is 1. The fourth-order valence-corrected chi connectivity index (χ4v) is 4.81. The molecule has 0 saturated carbocycles. The zero-order valence-electron chi connectivity index (χ0n) is 10.7. The van der Waals surface area contributed by atoms with E-state index in [9.17, 15) is 14.7 Å². The highest BCUT2D eigenvalue weighted by molar-refractivity contribution is 9.11. The summed E-state index contributed by atoms with van der Waals surface area (Å²) in [6, 6.07) is 4.50. The molecular weight excluding hydrogens is 410 g/mol. The van der Waals surface area contributed by atoms with Crippen LogP contribution in [0.5, 0.6) is 0 Å². The van der Waals surface area contributed by atoms with Gasteiger partial charge < -0.3 is 10.0 Å². The Labute approximate surface area is 138 Å². The van der Waals surface area contributed by atoms with E-state index in [1.54, 1.807) is 12.1 Å². The van der Waals surface area contributed by atoms with E-state index >= 15 is 0 Å². The Morgan fingerprint density at radius 1 is 1.35 bits per heavy atom. The minimum atomic E-state index is -0.948. The number of carboxylic acid groups (broad SMARTS) is 1. The van der Waals surface area contributed by atoms with Gasteiger partial charge in [-0.15, -0.1) is 11.8 Å². The first-order valence-electron chi connectivity index (χ1n) is 6.07. The van der Waals surface area contributed by atoms with Crippen LogP contribution in [0, 0.1) is 0 Å². The van der Waals surface area contributed by atoms with Crippen molar-refractivity contribution in [1.82, 2.24) is 4.90 Å². The van der Waals surface area contributed by atoms with Crippen LogP contribution >= 0.6 is 43.6 Å². The van der Waals surface area contributed by atoms with Crippen molar-refractivity contribution in [3.63, 3.8) is 0 Å². The fourth-order valence-electron chi connectivity index (χ4n) is 2.17. The molecule has 108 valence electrons. The molecule has 2 atom stereocenters. The molecule has 1 N–H and O–H groups in total. The van der Waals surface area contributed by atoms with Gasteiger partial charge in [0.25, 0.3) is 5.91 Å². The van der Waals surface area contributed by atoms with Gasteiger partial charge in [0.05, 0.1) is 5.37 Å². The van der Waals surface area contributed by atoms with Gasteiger partial charge in [-0.05, 0) is 24.6 Å². The summed E-state index contributed by atoms with van der Waals surface area (Å²) in [4.78, 5) is 25.4. The minimum Gasteiger partial charge on any atom is -0.480 e. The van der Waals surface area contributed by atoms with Crippen LogP contribution in [0.4, 0.5) is 0 Å². The van der Waals surface area contributed by atoms with Crippen LogP contribution in [-0.2, 0) is 4.79 Å². The van der Waals surface area contributed by atoms with Gasteiger partial charge in [-0.2, -0.15) is 0 Å². The molecule has 1 aliphatic rings. The Balaban J connectivity index is 2.35. The van der Waals surface area contributed by atoms with Gasteiger partial charge in [-0.25, -0.2) is 4.79 Å². The fraction of sp³-hybridized carbons (Fsp3) is 0.385. The second-order valence-corrected chi connectivity index (χ2v) is 7.46. The number of carbonyl (C=O) groups excluding carboxylic acids is 1. The normalized spacial score (nSPS) is 22.1. The molecule has 1 aliphatic heterocycles. The highest BCUT2D eigenvalue weighted by Gasteiger charge is 2.41. The summed E-state index contributed by atoms with van der Waals surface area (Å²) in [5, 5.41) is 9.19. The van der Waals surface area contributed by atoms with Crippen molar-refractivity contribution in [2.45, 2.75) is 24.8 Å². The van der Waals surface area contributed by atoms with Crippen molar-refractivity contribution >= 4 is 55.5 Å². The Bertz CT molecular complexity index is 532. The summed E-state index contributed by atoms with van der Waals surface area (Å²) in [6.45, 7) is 1.96. The van der Waals surface area contributed by atoms with Crippen molar-refractivity contribution in [1.29, 1.82) is 0 Å². The Morgan fingerprint density at radius 2 is 1.95 bits per heavy atom. The Kier molecular flexibility index (Phi) is 5.14. The van der Waals surface area contributed by atoms with Crippen molar-refractivity contribution in [2.75, 3.05) is 5.75 Å². The van der Waals surface area contributed by atoms with E-state index < -0.39 is 12.0 Å². The largest absolute Gasteiger partial charge is 0.480 e. The average Bonchev–Trinajstić information content (AvgIpc) is 2.80. The predicted octanol–water partition coefficient (Wildman–Crippen LogP) is 3.59. The van der Waals surface area contributed by atoms with Crippen molar-refractivity contribution < 1.29 is 14.7 Å². The number of carbonyl (C=O) groups is 2. The van der Waals surface area contributed by atoms with E-state index in [-0.39, 0.29) is 11.3 Å². The molecule has 2 rings (SSSR count). The predicted molar refractivity (Wildman–Crippen MR) is 86.0 cm³/mol. The number of rotatable bonds is 3. The SMILES string of the molecule is CCC1SCC(C(=O)O)N1C(=O)c1cc(Br)cc(Br)c1. The molecule has 0 radical (unpaired) electrons. The summed E-state index contributed by atoms with van der Waals surface area (Å²) in [5.74, 6) is -0.749. The Hall–Kier alpha value is -0.530. The highest BCUT2D eigenvalue weighted by atomic mass is 79.9. The molecule has 0 aromatic heterocycles. The second-order valence-electron chi connectivity index (χ2n) is 4.42. The maximum Gasteiger partial charge on any atom is 0.327 e. The molecule has 1 amide bonds. The number of benzene rings is 1. The third-order valence-electron chi connectivity index (χ3n) is 3.07. The van der Waals surface area contributed by atoms with Gasteiger partial charge in [0.15, 0.2) is 0 Å². The summed E-state index contributed by atoms with van der Waals surface area (Å²) < 4.78 is 1.56. The van der Waals surface area contributed by atoms with Gasteiger partial charge in [-0.1, -0.05) is 38.8 Å². The summed E-state index contributed by atoms with van der Waals surface area (Å²) in [7, 11) is 0. The maximum absolute atomic E-state index is 12.6. The maximum atomic E-state index is 12.6. The standard InChI is InChI=1S/C13H13Br2NO3S/c1-2-11-16(10(6-20-11)13(18)19)12(17)7-3-8(14)5-9(15)4-7/h3-5,10-11H,2,6H2,1H3,(H,18,19). The molecular formula is C13H13Br2NO3S. The molecule has 0 aliphatic carbocycles.